The first-order valence-electron chi connectivity index (χ1n) is 9.42. The predicted octanol–water partition coefficient (Wildman–Crippen LogP) is 3.96. The Balaban J connectivity index is 1.53. The summed E-state index contributed by atoms with van der Waals surface area (Å²) in [6.07, 6.45) is 2.27. The Morgan fingerprint density at radius 1 is 1.32 bits per heavy atom. The third-order valence-corrected chi connectivity index (χ3v) is 5.32. The lowest BCUT2D eigenvalue weighted by Crippen LogP contribution is -2.31. The first kappa shape index (κ1) is 18.7. The van der Waals surface area contributed by atoms with Crippen LogP contribution < -0.4 is 4.74 Å². The molecule has 3 aromatic rings. The molecule has 28 heavy (non-hydrogen) atoms. The van der Waals surface area contributed by atoms with Gasteiger partial charge >= 0.3 is 0 Å². The van der Waals surface area contributed by atoms with Crippen molar-refractivity contribution in [1.82, 2.24) is 19.7 Å². The molecule has 0 atom stereocenters. The van der Waals surface area contributed by atoms with Crippen molar-refractivity contribution in [3.8, 4) is 5.75 Å². The van der Waals surface area contributed by atoms with Gasteiger partial charge in [-0.25, -0.2) is 4.98 Å². The maximum atomic E-state index is 13.2. The van der Waals surface area contributed by atoms with Gasteiger partial charge in [-0.05, 0) is 50.1 Å². The summed E-state index contributed by atoms with van der Waals surface area (Å²) in [6, 6.07) is 9.15. The number of nitrogens with zero attached hydrogens (tertiary/aromatic N) is 4. The molecule has 1 saturated carbocycles. The highest BCUT2D eigenvalue weighted by molar-refractivity contribution is 6.30. The number of aromatic nitrogens is 3. The van der Waals surface area contributed by atoms with Crippen LogP contribution in [0, 0.1) is 6.92 Å². The van der Waals surface area contributed by atoms with Crippen LogP contribution in [-0.4, -0.2) is 45.8 Å². The zero-order valence-electron chi connectivity index (χ0n) is 16.3. The number of benzene rings is 1. The molecule has 0 radical (unpaired) electrons. The second-order valence-electron chi connectivity index (χ2n) is 7.31. The maximum absolute atomic E-state index is 13.2. The normalized spacial score (nSPS) is 13.7. The zero-order valence-corrected chi connectivity index (χ0v) is 17.0. The predicted molar refractivity (Wildman–Crippen MR) is 109 cm³/mol. The van der Waals surface area contributed by atoms with E-state index in [-0.39, 0.29) is 5.91 Å². The van der Waals surface area contributed by atoms with Crippen molar-refractivity contribution < 1.29 is 9.53 Å². The topological polar surface area (TPSA) is 60.2 Å². The lowest BCUT2D eigenvalue weighted by molar-refractivity contribution is 0.0775. The van der Waals surface area contributed by atoms with Crippen molar-refractivity contribution in [2.45, 2.75) is 25.7 Å². The highest BCUT2D eigenvalue weighted by Crippen LogP contribution is 2.40. The minimum atomic E-state index is -0.0369. The maximum Gasteiger partial charge on any atom is 0.254 e. The molecule has 0 spiro atoms. The number of fused-ring (bicyclic) bond motifs is 1. The Hall–Kier alpha value is -2.60. The molecule has 1 amide bonds. The van der Waals surface area contributed by atoms with E-state index in [9.17, 15) is 4.79 Å². The standard InChI is InChI=1S/C21H23ClN4O2/c1-13-19-17(12-18(14-4-5-14)23-20(19)26(3)24-13)21(27)25(2)10-11-28-16-8-6-15(22)7-9-16/h6-9,12,14H,4-5,10-11H2,1-3H3. The molecular formula is C21H23ClN4O2. The van der Waals surface area contributed by atoms with Crippen molar-refractivity contribution in [2.24, 2.45) is 7.05 Å². The molecule has 0 bridgehead atoms. The molecule has 6 nitrogen and oxygen atoms in total. The van der Waals surface area contributed by atoms with Crippen LogP contribution in [0.5, 0.6) is 5.75 Å². The molecule has 146 valence electrons. The van der Waals surface area contributed by atoms with Gasteiger partial charge in [-0.15, -0.1) is 0 Å². The van der Waals surface area contributed by atoms with E-state index >= 15 is 0 Å². The van der Waals surface area contributed by atoms with Gasteiger partial charge in [-0.2, -0.15) is 5.10 Å². The Bertz CT molecular complexity index is 1030. The summed E-state index contributed by atoms with van der Waals surface area (Å²) in [6.45, 7) is 2.80. The van der Waals surface area contributed by atoms with Crippen LogP contribution in [0.4, 0.5) is 0 Å². The Labute approximate surface area is 169 Å². The van der Waals surface area contributed by atoms with Crippen molar-refractivity contribution in [3.63, 3.8) is 0 Å². The number of pyridine rings is 1. The first-order chi connectivity index (χ1) is 13.4. The SMILES string of the molecule is Cc1nn(C)c2nc(C3CC3)cc(C(=O)N(C)CCOc3ccc(Cl)cc3)c12. The third kappa shape index (κ3) is 3.69. The summed E-state index contributed by atoms with van der Waals surface area (Å²) in [5.74, 6) is 1.16. The zero-order chi connectivity index (χ0) is 19.8. The number of ether oxygens (including phenoxy) is 1. The number of halogens is 1. The summed E-state index contributed by atoms with van der Waals surface area (Å²) >= 11 is 5.89. The van der Waals surface area contributed by atoms with Crippen LogP contribution in [0.1, 0.15) is 40.5 Å². The Kier molecular flexibility index (Phi) is 4.98. The van der Waals surface area contributed by atoms with E-state index in [2.05, 4.69) is 5.10 Å². The van der Waals surface area contributed by atoms with Gasteiger partial charge in [0.15, 0.2) is 5.65 Å². The summed E-state index contributed by atoms with van der Waals surface area (Å²) in [4.78, 5) is 19.6. The van der Waals surface area contributed by atoms with Gasteiger partial charge in [0, 0.05) is 30.7 Å². The molecule has 0 unspecified atom stereocenters. The average molecular weight is 399 g/mol. The molecule has 0 saturated heterocycles. The summed E-state index contributed by atoms with van der Waals surface area (Å²) in [7, 11) is 3.67. The summed E-state index contributed by atoms with van der Waals surface area (Å²) in [5, 5.41) is 5.97. The van der Waals surface area contributed by atoms with Gasteiger partial charge in [-0.1, -0.05) is 11.6 Å². The molecule has 0 aliphatic heterocycles. The van der Waals surface area contributed by atoms with E-state index in [4.69, 9.17) is 21.3 Å². The van der Waals surface area contributed by atoms with E-state index in [0.29, 0.717) is 29.7 Å². The van der Waals surface area contributed by atoms with Crippen LogP contribution in [0.15, 0.2) is 30.3 Å². The van der Waals surface area contributed by atoms with Crippen molar-refractivity contribution >= 4 is 28.5 Å². The smallest absolute Gasteiger partial charge is 0.254 e. The van der Waals surface area contributed by atoms with Crippen LogP contribution in [0.25, 0.3) is 11.0 Å². The molecule has 1 aromatic carbocycles. The van der Waals surface area contributed by atoms with Crippen LogP contribution in [0.3, 0.4) is 0 Å². The molecule has 7 heteroatoms. The van der Waals surface area contributed by atoms with Crippen LogP contribution >= 0.6 is 11.6 Å². The first-order valence-corrected chi connectivity index (χ1v) is 9.80. The number of hydrogen-bond donors (Lipinski definition) is 0. The molecule has 1 fully saturated rings. The lowest BCUT2D eigenvalue weighted by atomic mass is 10.1. The van der Waals surface area contributed by atoms with Crippen LogP contribution in [0.2, 0.25) is 5.02 Å². The fourth-order valence-corrected chi connectivity index (χ4v) is 3.49. The molecule has 1 aliphatic carbocycles. The summed E-state index contributed by atoms with van der Waals surface area (Å²) in [5.41, 5.74) is 3.26. The van der Waals surface area contributed by atoms with Gasteiger partial charge in [-0.3, -0.25) is 9.48 Å². The van der Waals surface area contributed by atoms with Crippen molar-refractivity contribution in [1.29, 1.82) is 0 Å². The monoisotopic (exact) mass is 398 g/mol. The Morgan fingerprint density at radius 2 is 2.04 bits per heavy atom. The number of likely N-dealkylation sites (N-methyl/N-ethyl adjacent to an activating group) is 1. The highest BCUT2D eigenvalue weighted by Gasteiger charge is 2.29. The van der Waals surface area contributed by atoms with Gasteiger partial charge < -0.3 is 9.64 Å². The van der Waals surface area contributed by atoms with Crippen molar-refractivity contribution in [2.75, 3.05) is 20.2 Å². The quantitative estimate of drug-likeness (QED) is 0.630. The third-order valence-electron chi connectivity index (χ3n) is 5.07. The molecule has 4 rings (SSSR count). The molecule has 0 N–H and O–H groups in total. The molecule has 2 heterocycles. The number of amides is 1. The van der Waals surface area contributed by atoms with E-state index in [0.717, 1.165) is 41.0 Å². The number of hydrogen-bond acceptors (Lipinski definition) is 4. The Morgan fingerprint density at radius 3 is 2.71 bits per heavy atom. The van der Waals surface area contributed by atoms with Crippen LogP contribution in [-0.2, 0) is 7.05 Å². The average Bonchev–Trinajstić information content (AvgIpc) is 3.49. The minimum absolute atomic E-state index is 0.0369. The fraction of sp³-hybridized carbons (Fsp3) is 0.381. The molecular weight excluding hydrogens is 376 g/mol. The highest BCUT2D eigenvalue weighted by atomic mass is 35.5. The van der Waals surface area contributed by atoms with Gasteiger partial charge in [0.25, 0.3) is 5.91 Å². The van der Waals surface area contributed by atoms with Crippen molar-refractivity contribution in [3.05, 3.63) is 52.3 Å². The van der Waals surface area contributed by atoms with Gasteiger partial charge in [0.05, 0.1) is 23.2 Å². The minimum Gasteiger partial charge on any atom is -0.492 e. The number of rotatable bonds is 6. The van der Waals surface area contributed by atoms with Gasteiger partial charge in [0.1, 0.15) is 12.4 Å². The second-order valence-corrected chi connectivity index (χ2v) is 7.74. The summed E-state index contributed by atoms with van der Waals surface area (Å²) < 4.78 is 7.48. The number of aryl methyl sites for hydroxylation is 2. The van der Waals surface area contributed by atoms with E-state index in [1.807, 2.05) is 32.2 Å². The molecule has 2 aromatic heterocycles. The molecule has 1 aliphatic rings. The second kappa shape index (κ2) is 7.43. The lowest BCUT2D eigenvalue weighted by Gasteiger charge is -2.18. The van der Waals surface area contributed by atoms with E-state index < -0.39 is 0 Å². The van der Waals surface area contributed by atoms with Gasteiger partial charge in [0.2, 0.25) is 0 Å². The number of carbonyl (C=O) groups is 1. The van der Waals surface area contributed by atoms with E-state index in [1.165, 1.54) is 0 Å². The van der Waals surface area contributed by atoms with E-state index in [1.54, 1.807) is 28.8 Å². The fourth-order valence-electron chi connectivity index (χ4n) is 3.36. The number of carbonyl (C=O) groups excluding carboxylic acids is 1. The largest absolute Gasteiger partial charge is 0.492 e.